The topological polar surface area (TPSA) is 84.7 Å². The number of hydrogen-bond acceptors (Lipinski definition) is 6. The lowest BCUT2D eigenvalue weighted by molar-refractivity contribution is -0.117. The van der Waals surface area contributed by atoms with Crippen LogP contribution in [0.4, 0.5) is 5.69 Å². The first-order chi connectivity index (χ1) is 9.33. The summed E-state index contributed by atoms with van der Waals surface area (Å²) in [5.41, 5.74) is 1.54. The standard InChI is InChI=1S/C11H12N6OS.ClH/c18-11(10-5-19-7-12-10)14-8-2-1-3-9(4-8)17-6-13-15-16-17;/h1-4,6,10,12H,5,7H2,(H,14,18);1H. The highest BCUT2D eigenvalue weighted by Crippen LogP contribution is 2.15. The molecular formula is C11H13ClN6OS. The zero-order valence-corrected chi connectivity index (χ0v) is 12.0. The number of hydrogen-bond donors (Lipinski definition) is 2. The van der Waals surface area contributed by atoms with Gasteiger partial charge in [0.2, 0.25) is 5.91 Å². The van der Waals surface area contributed by atoms with Crippen LogP contribution < -0.4 is 10.6 Å². The summed E-state index contributed by atoms with van der Waals surface area (Å²) < 4.78 is 1.54. The molecule has 0 spiro atoms. The molecular weight excluding hydrogens is 300 g/mol. The van der Waals surface area contributed by atoms with Crippen LogP contribution in [-0.4, -0.2) is 43.8 Å². The first kappa shape index (κ1) is 14.8. The summed E-state index contributed by atoms with van der Waals surface area (Å²) in [7, 11) is 0. The Morgan fingerprint density at radius 2 is 2.40 bits per heavy atom. The van der Waals surface area contributed by atoms with Gasteiger partial charge < -0.3 is 5.32 Å². The van der Waals surface area contributed by atoms with E-state index in [9.17, 15) is 4.79 Å². The van der Waals surface area contributed by atoms with Crippen molar-refractivity contribution >= 4 is 35.8 Å². The average Bonchev–Trinajstić information content (AvgIpc) is 3.13. The SMILES string of the molecule is Cl.O=C(Nc1cccc(-n2cnnn2)c1)C1CSCN1. The fourth-order valence-electron chi connectivity index (χ4n) is 1.80. The normalized spacial score (nSPS) is 17.5. The molecule has 9 heteroatoms. The van der Waals surface area contributed by atoms with Gasteiger partial charge in [0.05, 0.1) is 11.7 Å². The van der Waals surface area contributed by atoms with Crippen LogP contribution in [0.5, 0.6) is 0 Å². The zero-order valence-electron chi connectivity index (χ0n) is 10.4. The molecule has 1 aromatic heterocycles. The smallest absolute Gasteiger partial charge is 0.242 e. The van der Waals surface area contributed by atoms with E-state index in [1.165, 1.54) is 6.33 Å². The van der Waals surface area contributed by atoms with Crippen molar-refractivity contribution in [3.63, 3.8) is 0 Å². The fraction of sp³-hybridized carbons (Fsp3) is 0.273. The van der Waals surface area contributed by atoms with E-state index in [-0.39, 0.29) is 24.4 Å². The number of benzene rings is 1. The molecule has 0 bridgehead atoms. The van der Waals surface area contributed by atoms with Gasteiger partial charge in [0.15, 0.2) is 0 Å². The van der Waals surface area contributed by atoms with Crippen molar-refractivity contribution in [1.82, 2.24) is 25.5 Å². The number of aromatic nitrogens is 4. The number of thioether (sulfide) groups is 1. The van der Waals surface area contributed by atoms with Crippen LogP contribution in [0.25, 0.3) is 5.69 Å². The summed E-state index contributed by atoms with van der Waals surface area (Å²) in [4.78, 5) is 12.0. The Morgan fingerprint density at radius 3 is 3.10 bits per heavy atom. The maximum absolute atomic E-state index is 12.0. The summed E-state index contributed by atoms with van der Waals surface area (Å²) in [6.07, 6.45) is 1.51. The molecule has 20 heavy (non-hydrogen) atoms. The fourth-order valence-corrected chi connectivity index (χ4v) is 2.74. The van der Waals surface area contributed by atoms with Crippen molar-refractivity contribution in [2.45, 2.75) is 6.04 Å². The molecule has 2 N–H and O–H groups in total. The van der Waals surface area contributed by atoms with Gasteiger partial charge in [-0.15, -0.1) is 29.3 Å². The Labute approximate surface area is 125 Å². The third-order valence-corrected chi connectivity index (χ3v) is 3.70. The highest BCUT2D eigenvalue weighted by atomic mass is 35.5. The van der Waals surface area contributed by atoms with Crippen LogP contribution in [0.1, 0.15) is 0 Å². The summed E-state index contributed by atoms with van der Waals surface area (Å²) >= 11 is 1.72. The van der Waals surface area contributed by atoms with E-state index in [2.05, 4.69) is 26.2 Å². The molecule has 0 radical (unpaired) electrons. The Kier molecular flexibility index (Phi) is 4.94. The third kappa shape index (κ3) is 3.27. The second-order valence-electron chi connectivity index (χ2n) is 4.07. The lowest BCUT2D eigenvalue weighted by atomic mass is 10.2. The second-order valence-corrected chi connectivity index (χ2v) is 5.10. The highest BCUT2D eigenvalue weighted by Gasteiger charge is 2.22. The number of anilines is 1. The molecule has 1 unspecified atom stereocenters. The van der Waals surface area contributed by atoms with Gasteiger partial charge in [-0.1, -0.05) is 6.07 Å². The number of nitrogens with one attached hydrogen (secondary N) is 2. The van der Waals surface area contributed by atoms with Crippen LogP contribution in [0.15, 0.2) is 30.6 Å². The molecule has 1 aliphatic heterocycles. The largest absolute Gasteiger partial charge is 0.325 e. The highest BCUT2D eigenvalue weighted by molar-refractivity contribution is 7.99. The summed E-state index contributed by atoms with van der Waals surface area (Å²) in [6, 6.07) is 7.27. The molecule has 0 saturated carbocycles. The molecule has 106 valence electrons. The van der Waals surface area contributed by atoms with Crippen LogP contribution in [0.2, 0.25) is 0 Å². The van der Waals surface area contributed by atoms with Gasteiger partial charge in [-0.3, -0.25) is 10.1 Å². The van der Waals surface area contributed by atoms with Crippen molar-refractivity contribution in [2.75, 3.05) is 16.9 Å². The van der Waals surface area contributed by atoms with Gasteiger partial charge in [0, 0.05) is 17.3 Å². The molecule has 1 aliphatic rings. The van der Waals surface area contributed by atoms with Gasteiger partial charge in [-0.2, -0.15) is 0 Å². The van der Waals surface area contributed by atoms with Crippen molar-refractivity contribution < 1.29 is 4.79 Å². The summed E-state index contributed by atoms with van der Waals surface area (Å²) in [6.45, 7) is 0. The van der Waals surface area contributed by atoms with E-state index >= 15 is 0 Å². The molecule has 1 saturated heterocycles. The number of tetrazole rings is 1. The van der Waals surface area contributed by atoms with E-state index < -0.39 is 0 Å². The first-order valence-electron chi connectivity index (χ1n) is 5.78. The molecule has 2 heterocycles. The Balaban J connectivity index is 0.00000147. The molecule has 1 atom stereocenters. The predicted molar refractivity (Wildman–Crippen MR) is 79.3 cm³/mol. The van der Waals surface area contributed by atoms with E-state index in [1.807, 2.05) is 24.3 Å². The summed E-state index contributed by atoms with van der Waals surface area (Å²) in [5.74, 6) is 1.61. The molecule has 7 nitrogen and oxygen atoms in total. The van der Waals surface area contributed by atoms with Gasteiger partial charge >= 0.3 is 0 Å². The summed E-state index contributed by atoms with van der Waals surface area (Å²) in [5, 5.41) is 17.0. The minimum Gasteiger partial charge on any atom is -0.325 e. The molecule has 2 aromatic rings. The van der Waals surface area contributed by atoms with Gasteiger partial charge in [-0.25, -0.2) is 4.68 Å². The van der Waals surface area contributed by atoms with Crippen molar-refractivity contribution in [3.8, 4) is 5.69 Å². The van der Waals surface area contributed by atoms with Crippen LogP contribution in [0, 0.1) is 0 Å². The monoisotopic (exact) mass is 312 g/mol. The number of carbonyl (C=O) groups excluding carboxylic acids is 1. The quantitative estimate of drug-likeness (QED) is 0.867. The Hall–Kier alpha value is -1.64. The van der Waals surface area contributed by atoms with Gasteiger partial charge in [0.25, 0.3) is 0 Å². The van der Waals surface area contributed by atoms with Gasteiger partial charge in [0.1, 0.15) is 6.33 Å². The van der Waals surface area contributed by atoms with Crippen LogP contribution in [-0.2, 0) is 4.79 Å². The number of rotatable bonds is 3. The van der Waals surface area contributed by atoms with E-state index in [0.29, 0.717) is 0 Å². The number of halogens is 1. The Morgan fingerprint density at radius 1 is 1.50 bits per heavy atom. The minimum atomic E-state index is -0.123. The molecule has 3 rings (SSSR count). The predicted octanol–water partition coefficient (Wildman–Crippen LogP) is 0.685. The van der Waals surface area contributed by atoms with Crippen molar-refractivity contribution in [1.29, 1.82) is 0 Å². The van der Waals surface area contributed by atoms with Crippen molar-refractivity contribution in [2.24, 2.45) is 0 Å². The molecule has 1 fully saturated rings. The molecule has 0 aliphatic carbocycles. The molecule has 1 aromatic carbocycles. The molecule has 1 amide bonds. The average molecular weight is 313 g/mol. The third-order valence-electron chi connectivity index (χ3n) is 2.76. The number of carbonyl (C=O) groups is 1. The minimum absolute atomic E-state index is 0. The maximum Gasteiger partial charge on any atom is 0.242 e. The van der Waals surface area contributed by atoms with Crippen molar-refractivity contribution in [3.05, 3.63) is 30.6 Å². The van der Waals surface area contributed by atoms with Gasteiger partial charge in [-0.05, 0) is 28.6 Å². The van der Waals surface area contributed by atoms with E-state index in [4.69, 9.17) is 0 Å². The second kappa shape index (κ2) is 6.69. The van der Waals surface area contributed by atoms with Crippen LogP contribution in [0.3, 0.4) is 0 Å². The lowest BCUT2D eigenvalue weighted by Crippen LogP contribution is -2.37. The lowest BCUT2D eigenvalue weighted by Gasteiger charge is -2.11. The Bertz CT molecular complexity index is 572. The number of amides is 1. The number of nitrogens with zero attached hydrogens (tertiary/aromatic N) is 4. The van der Waals surface area contributed by atoms with E-state index in [1.54, 1.807) is 16.4 Å². The van der Waals surface area contributed by atoms with E-state index in [0.717, 1.165) is 23.0 Å². The maximum atomic E-state index is 12.0. The van der Waals surface area contributed by atoms with Crippen LogP contribution >= 0.6 is 24.2 Å². The first-order valence-corrected chi connectivity index (χ1v) is 6.94. The zero-order chi connectivity index (χ0) is 13.1.